The normalized spacial score (nSPS) is 14.3. The van der Waals surface area contributed by atoms with Gasteiger partial charge in [0.05, 0.1) is 5.56 Å². The van der Waals surface area contributed by atoms with E-state index in [1.807, 2.05) is 5.32 Å². The van der Waals surface area contributed by atoms with Gasteiger partial charge in [0.2, 0.25) is 12.3 Å². The summed E-state index contributed by atoms with van der Waals surface area (Å²) in [6, 6.07) is 2.47. The third-order valence-corrected chi connectivity index (χ3v) is 3.35. The Balaban J connectivity index is 2.67. The maximum absolute atomic E-state index is 12.5. The Labute approximate surface area is 134 Å². The molecule has 4 nitrogen and oxygen atoms in total. The lowest BCUT2D eigenvalue weighted by molar-refractivity contribution is -0.143. The van der Waals surface area contributed by atoms with Gasteiger partial charge in [0.1, 0.15) is 6.04 Å². The SMILES string of the molecule is CC(CC(=O)NC(CC(F)F)C(=O)O)c1ccc(C(F)(F)F)cc1. The molecule has 0 aromatic heterocycles. The van der Waals surface area contributed by atoms with E-state index in [1.165, 1.54) is 12.1 Å². The van der Waals surface area contributed by atoms with Gasteiger partial charge in [-0.25, -0.2) is 13.6 Å². The molecule has 9 heteroatoms. The summed E-state index contributed by atoms with van der Waals surface area (Å²) < 4.78 is 61.9. The molecule has 1 rings (SSSR count). The van der Waals surface area contributed by atoms with Crippen molar-refractivity contribution in [2.45, 2.75) is 44.3 Å². The molecular weight excluding hydrogens is 337 g/mol. The number of nitrogens with one attached hydrogen (secondary N) is 1. The number of amides is 1. The van der Waals surface area contributed by atoms with Crippen LogP contribution in [0.15, 0.2) is 24.3 Å². The molecule has 0 aliphatic rings. The van der Waals surface area contributed by atoms with Crippen molar-refractivity contribution in [1.82, 2.24) is 5.32 Å². The molecule has 0 spiro atoms. The number of hydrogen-bond acceptors (Lipinski definition) is 2. The summed E-state index contributed by atoms with van der Waals surface area (Å²) in [5.74, 6) is -2.85. The molecule has 1 amide bonds. The van der Waals surface area contributed by atoms with Crippen LogP contribution in [0.3, 0.4) is 0 Å². The van der Waals surface area contributed by atoms with Gasteiger partial charge >= 0.3 is 12.1 Å². The van der Waals surface area contributed by atoms with Crippen LogP contribution in [0.25, 0.3) is 0 Å². The molecule has 1 aromatic rings. The van der Waals surface area contributed by atoms with E-state index in [2.05, 4.69) is 0 Å². The Morgan fingerprint density at radius 3 is 2.12 bits per heavy atom. The molecule has 0 aliphatic heterocycles. The van der Waals surface area contributed by atoms with Gasteiger partial charge in [-0.05, 0) is 23.6 Å². The molecule has 0 fully saturated rings. The topological polar surface area (TPSA) is 66.4 Å². The van der Waals surface area contributed by atoms with Gasteiger partial charge < -0.3 is 10.4 Å². The summed E-state index contributed by atoms with van der Waals surface area (Å²) in [4.78, 5) is 22.6. The van der Waals surface area contributed by atoms with Crippen LogP contribution in [0.4, 0.5) is 22.0 Å². The van der Waals surface area contributed by atoms with Crippen molar-refractivity contribution in [2.75, 3.05) is 0 Å². The van der Waals surface area contributed by atoms with Gasteiger partial charge in [0, 0.05) is 12.8 Å². The molecule has 0 heterocycles. The number of carboxylic acids is 1. The minimum Gasteiger partial charge on any atom is -0.480 e. The summed E-state index contributed by atoms with van der Waals surface area (Å²) in [5.41, 5.74) is -0.385. The van der Waals surface area contributed by atoms with Gasteiger partial charge in [-0.2, -0.15) is 13.2 Å². The second-order valence-corrected chi connectivity index (χ2v) is 5.31. The zero-order valence-corrected chi connectivity index (χ0v) is 12.6. The first kappa shape index (κ1) is 19.9. The monoisotopic (exact) mass is 353 g/mol. The zero-order chi connectivity index (χ0) is 18.5. The highest BCUT2D eigenvalue weighted by molar-refractivity contribution is 5.83. The first-order valence-corrected chi connectivity index (χ1v) is 6.98. The fourth-order valence-corrected chi connectivity index (χ4v) is 2.05. The smallest absolute Gasteiger partial charge is 0.416 e. The molecule has 0 aliphatic carbocycles. The predicted octanol–water partition coefficient (Wildman–Crippen LogP) is 3.42. The number of carboxylic acid groups (broad SMARTS) is 1. The van der Waals surface area contributed by atoms with Crippen LogP contribution in [-0.4, -0.2) is 29.5 Å². The molecule has 24 heavy (non-hydrogen) atoms. The molecule has 2 N–H and O–H groups in total. The number of carbonyl (C=O) groups is 2. The van der Waals surface area contributed by atoms with Gasteiger partial charge in [-0.3, -0.25) is 4.79 Å². The number of halogens is 5. The average Bonchev–Trinajstić information content (AvgIpc) is 2.45. The fraction of sp³-hybridized carbons (Fsp3) is 0.467. The van der Waals surface area contributed by atoms with Crippen molar-refractivity contribution in [2.24, 2.45) is 0 Å². The second kappa shape index (κ2) is 8.07. The van der Waals surface area contributed by atoms with E-state index >= 15 is 0 Å². The number of aliphatic carboxylic acids is 1. The highest BCUT2D eigenvalue weighted by Gasteiger charge is 2.30. The number of hydrogen-bond donors (Lipinski definition) is 2. The molecular formula is C15H16F5NO3. The molecule has 0 saturated heterocycles. The van der Waals surface area contributed by atoms with Crippen molar-refractivity contribution in [1.29, 1.82) is 0 Å². The maximum Gasteiger partial charge on any atom is 0.416 e. The third kappa shape index (κ3) is 6.13. The van der Waals surface area contributed by atoms with E-state index in [-0.39, 0.29) is 6.42 Å². The number of rotatable bonds is 7. The summed E-state index contributed by atoms with van der Waals surface area (Å²) in [7, 11) is 0. The highest BCUT2D eigenvalue weighted by atomic mass is 19.4. The first-order valence-electron chi connectivity index (χ1n) is 6.98. The lowest BCUT2D eigenvalue weighted by atomic mass is 9.96. The Morgan fingerprint density at radius 2 is 1.71 bits per heavy atom. The number of alkyl halides is 5. The van der Waals surface area contributed by atoms with Crippen LogP contribution in [0.1, 0.15) is 36.8 Å². The van der Waals surface area contributed by atoms with Gasteiger partial charge in [-0.1, -0.05) is 19.1 Å². The molecule has 2 unspecified atom stereocenters. The van der Waals surface area contributed by atoms with Crippen molar-refractivity contribution in [3.63, 3.8) is 0 Å². The Morgan fingerprint density at radius 1 is 1.17 bits per heavy atom. The largest absolute Gasteiger partial charge is 0.480 e. The summed E-state index contributed by atoms with van der Waals surface area (Å²) >= 11 is 0. The fourth-order valence-electron chi connectivity index (χ4n) is 2.05. The Bertz CT molecular complexity index is 571. The quantitative estimate of drug-likeness (QED) is 0.738. The van der Waals surface area contributed by atoms with E-state index < -0.39 is 48.4 Å². The van der Waals surface area contributed by atoms with E-state index in [0.29, 0.717) is 5.56 Å². The lowest BCUT2D eigenvalue weighted by Gasteiger charge is -2.17. The van der Waals surface area contributed by atoms with Crippen molar-refractivity contribution in [3.8, 4) is 0 Å². The molecule has 1 aromatic carbocycles. The second-order valence-electron chi connectivity index (χ2n) is 5.31. The van der Waals surface area contributed by atoms with Crippen LogP contribution in [0, 0.1) is 0 Å². The Kier molecular flexibility index (Phi) is 6.68. The summed E-state index contributed by atoms with van der Waals surface area (Å²) in [6.07, 6.45) is -8.62. The van der Waals surface area contributed by atoms with E-state index in [0.717, 1.165) is 12.1 Å². The van der Waals surface area contributed by atoms with E-state index in [9.17, 15) is 31.5 Å². The molecule has 0 bridgehead atoms. The summed E-state index contributed by atoms with van der Waals surface area (Å²) in [5, 5.41) is 10.8. The van der Waals surface area contributed by atoms with Gasteiger partial charge in [-0.15, -0.1) is 0 Å². The molecule has 2 atom stereocenters. The van der Waals surface area contributed by atoms with Crippen LogP contribution in [-0.2, 0) is 15.8 Å². The average molecular weight is 353 g/mol. The minimum atomic E-state index is -4.47. The number of carbonyl (C=O) groups excluding carboxylic acids is 1. The van der Waals surface area contributed by atoms with Crippen LogP contribution < -0.4 is 5.32 Å². The predicted molar refractivity (Wildman–Crippen MR) is 74.7 cm³/mol. The molecule has 0 saturated carbocycles. The highest BCUT2D eigenvalue weighted by Crippen LogP contribution is 2.30. The van der Waals surface area contributed by atoms with Crippen molar-refractivity contribution in [3.05, 3.63) is 35.4 Å². The zero-order valence-electron chi connectivity index (χ0n) is 12.6. The van der Waals surface area contributed by atoms with E-state index in [4.69, 9.17) is 5.11 Å². The van der Waals surface area contributed by atoms with Crippen molar-refractivity contribution < 1.29 is 36.6 Å². The summed E-state index contributed by atoms with van der Waals surface area (Å²) in [6.45, 7) is 1.56. The Hall–Kier alpha value is -2.19. The van der Waals surface area contributed by atoms with Gasteiger partial charge in [0.15, 0.2) is 0 Å². The molecule has 0 radical (unpaired) electrons. The standard InChI is InChI=1S/C15H16F5NO3/c1-8(9-2-4-10(5-3-9)15(18,19)20)6-13(22)21-11(14(23)24)7-12(16)17/h2-5,8,11-12H,6-7H2,1H3,(H,21,22)(H,23,24). The van der Waals surface area contributed by atoms with Gasteiger partial charge in [0.25, 0.3) is 0 Å². The third-order valence-electron chi connectivity index (χ3n) is 3.35. The van der Waals surface area contributed by atoms with E-state index in [1.54, 1.807) is 6.92 Å². The maximum atomic E-state index is 12.5. The van der Waals surface area contributed by atoms with Crippen LogP contribution in [0.5, 0.6) is 0 Å². The number of benzene rings is 1. The minimum absolute atomic E-state index is 0.238. The van der Waals surface area contributed by atoms with Crippen LogP contribution >= 0.6 is 0 Å². The first-order chi connectivity index (χ1) is 11.0. The van der Waals surface area contributed by atoms with Crippen molar-refractivity contribution >= 4 is 11.9 Å². The molecule has 134 valence electrons. The lowest BCUT2D eigenvalue weighted by Crippen LogP contribution is -2.42. The van der Waals surface area contributed by atoms with Crippen LogP contribution in [0.2, 0.25) is 0 Å².